The molecule has 1 aromatic carbocycles. The third-order valence-corrected chi connectivity index (χ3v) is 4.39. The van der Waals surface area contributed by atoms with Crippen LogP contribution in [-0.2, 0) is 4.79 Å². The Hall–Kier alpha value is -1.90. The molecule has 0 aliphatic carbocycles. The van der Waals surface area contributed by atoms with Crippen molar-refractivity contribution < 1.29 is 29.5 Å². The van der Waals surface area contributed by atoms with Crippen molar-refractivity contribution in [3.8, 4) is 5.75 Å². The number of nitrogens with one attached hydrogen (secondary N) is 1. The Kier molecular flexibility index (Phi) is 10.2. The maximum atomic E-state index is 12.6. The molecule has 0 unspecified atom stereocenters. The predicted octanol–water partition coefficient (Wildman–Crippen LogP) is 1.59. The fraction of sp³-hybridized carbons (Fsp3) is 0.600. The second-order valence-electron chi connectivity index (χ2n) is 7.51. The van der Waals surface area contributed by atoms with Gasteiger partial charge in [0, 0.05) is 12.0 Å². The Morgan fingerprint density at radius 1 is 1.14 bits per heavy atom. The summed E-state index contributed by atoms with van der Waals surface area (Å²) in [6.45, 7) is 7.81. The minimum Gasteiger partial charge on any atom is -0.494 e. The Morgan fingerprint density at radius 3 is 2.21 bits per heavy atom. The summed E-state index contributed by atoms with van der Waals surface area (Å²) in [4.78, 5) is 25.1. The van der Waals surface area contributed by atoms with E-state index in [-0.39, 0.29) is 18.1 Å². The Morgan fingerprint density at radius 2 is 1.75 bits per heavy atom. The fourth-order valence-electron chi connectivity index (χ4n) is 2.81. The predicted molar refractivity (Wildman–Crippen MR) is 108 cm³/mol. The maximum Gasteiger partial charge on any atom is 0.475 e. The molecule has 0 saturated heterocycles. The largest absolute Gasteiger partial charge is 0.494 e. The van der Waals surface area contributed by atoms with Crippen molar-refractivity contribution in [3.63, 3.8) is 0 Å². The fourth-order valence-corrected chi connectivity index (χ4v) is 2.81. The molecule has 0 fully saturated rings. The quantitative estimate of drug-likeness (QED) is 0.317. The average molecular weight is 393 g/mol. The maximum absolute atomic E-state index is 12.6. The highest BCUT2D eigenvalue weighted by Crippen LogP contribution is 2.18. The van der Waals surface area contributed by atoms with Gasteiger partial charge >= 0.3 is 7.12 Å². The van der Waals surface area contributed by atoms with E-state index in [1.807, 2.05) is 20.8 Å². The summed E-state index contributed by atoms with van der Waals surface area (Å²) in [5.41, 5.74) is 0.420. The molecule has 0 aromatic heterocycles. The van der Waals surface area contributed by atoms with E-state index in [9.17, 15) is 24.7 Å². The Bertz CT molecular complexity index is 618. The smallest absolute Gasteiger partial charge is 0.475 e. The summed E-state index contributed by atoms with van der Waals surface area (Å²) in [6.07, 6.45) is -0.00387. The molecule has 0 radical (unpaired) electrons. The lowest BCUT2D eigenvalue weighted by Gasteiger charge is -2.24. The number of Topliss-reactive ketones (excluding diaryl/α,β-unsaturated/α-hetero) is 1. The molecule has 28 heavy (non-hydrogen) atoms. The third kappa shape index (κ3) is 8.00. The minimum absolute atomic E-state index is 0.132. The van der Waals surface area contributed by atoms with Crippen LogP contribution in [0.15, 0.2) is 24.3 Å². The highest BCUT2D eigenvalue weighted by Gasteiger charge is 2.32. The lowest BCUT2D eigenvalue weighted by atomic mass is 9.74. The number of carbonyl (C=O) groups excluding carboxylic acids is 2. The summed E-state index contributed by atoms with van der Waals surface area (Å²) in [7, 11) is -1.72. The van der Waals surface area contributed by atoms with Crippen molar-refractivity contribution >= 4 is 18.8 Å². The van der Waals surface area contributed by atoms with E-state index in [2.05, 4.69) is 5.32 Å². The molecule has 0 aliphatic rings. The van der Waals surface area contributed by atoms with Crippen LogP contribution < -0.4 is 10.1 Å². The van der Waals surface area contributed by atoms with Crippen LogP contribution in [-0.4, -0.2) is 52.6 Å². The number of benzene rings is 1. The van der Waals surface area contributed by atoms with Gasteiger partial charge in [-0.05, 0) is 49.9 Å². The molecule has 1 amide bonds. The molecular formula is C20H32BNO6. The first kappa shape index (κ1) is 24.1. The van der Waals surface area contributed by atoms with Crippen molar-refractivity contribution in [1.82, 2.24) is 5.32 Å². The molecule has 7 nitrogen and oxygen atoms in total. The second-order valence-corrected chi connectivity index (χ2v) is 7.51. The van der Waals surface area contributed by atoms with Crippen molar-refractivity contribution in [2.75, 3.05) is 6.61 Å². The lowest BCUT2D eigenvalue weighted by Crippen LogP contribution is -2.50. The standard InChI is InChI=1S/C20H32BNO6/c1-5-10-28-16-8-6-15(7-9-16)18(24)12-17(14(4)23)20(25)22-19(21(26)27)11-13(2)3/h6-9,13-14,17,19,23,26-27H,5,10-12H2,1-4H3,(H,22,25)/t14-,17+,19+/m1/s1. The Balaban J connectivity index is 2.79. The van der Waals surface area contributed by atoms with E-state index in [4.69, 9.17) is 4.74 Å². The van der Waals surface area contributed by atoms with E-state index in [1.54, 1.807) is 24.3 Å². The first-order valence-corrected chi connectivity index (χ1v) is 9.76. The first-order chi connectivity index (χ1) is 13.1. The molecule has 1 rings (SSSR count). The highest BCUT2D eigenvalue weighted by molar-refractivity contribution is 6.43. The van der Waals surface area contributed by atoms with E-state index in [0.29, 0.717) is 24.3 Å². The van der Waals surface area contributed by atoms with Crippen LogP contribution in [0.3, 0.4) is 0 Å². The molecule has 156 valence electrons. The van der Waals surface area contributed by atoms with Gasteiger partial charge < -0.3 is 25.2 Å². The van der Waals surface area contributed by atoms with Gasteiger partial charge in [-0.15, -0.1) is 0 Å². The second kappa shape index (κ2) is 11.8. The average Bonchev–Trinajstić information content (AvgIpc) is 2.63. The number of hydrogen-bond acceptors (Lipinski definition) is 6. The zero-order valence-electron chi connectivity index (χ0n) is 17.1. The number of rotatable bonds is 12. The number of aliphatic hydroxyl groups is 1. The van der Waals surface area contributed by atoms with Crippen molar-refractivity contribution in [1.29, 1.82) is 0 Å². The van der Waals surface area contributed by atoms with Crippen LogP contribution in [0.4, 0.5) is 0 Å². The summed E-state index contributed by atoms with van der Waals surface area (Å²) >= 11 is 0. The highest BCUT2D eigenvalue weighted by atomic mass is 16.5. The van der Waals surface area contributed by atoms with Gasteiger partial charge in [0.05, 0.1) is 24.6 Å². The molecule has 1 aromatic rings. The van der Waals surface area contributed by atoms with Crippen LogP contribution in [0.25, 0.3) is 0 Å². The topological polar surface area (TPSA) is 116 Å². The van der Waals surface area contributed by atoms with Gasteiger partial charge in [-0.3, -0.25) is 9.59 Å². The zero-order chi connectivity index (χ0) is 21.3. The SMILES string of the molecule is CCCOc1ccc(C(=O)C[C@H](C(=O)N[C@@H](CC(C)C)B(O)O)[C@@H](C)O)cc1. The van der Waals surface area contributed by atoms with E-state index in [0.717, 1.165) is 6.42 Å². The number of aliphatic hydroxyl groups excluding tert-OH is 1. The third-order valence-electron chi connectivity index (χ3n) is 4.39. The molecule has 0 aliphatic heterocycles. The molecule has 4 N–H and O–H groups in total. The van der Waals surface area contributed by atoms with Gasteiger partial charge in [0.2, 0.25) is 5.91 Å². The van der Waals surface area contributed by atoms with Crippen LogP contribution in [0.5, 0.6) is 5.75 Å². The van der Waals surface area contributed by atoms with E-state index < -0.39 is 31.0 Å². The van der Waals surface area contributed by atoms with Gasteiger partial charge in [-0.1, -0.05) is 20.8 Å². The number of ether oxygens (including phenoxy) is 1. The monoisotopic (exact) mass is 393 g/mol. The molecule has 0 heterocycles. The number of carbonyl (C=O) groups is 2. The summed E-state index contributed by atoms with van der Waals surface area (Å²) in [5, 5.41) is 31.5. The summed E-state index contributed by atoms with van der Waals surface area (Å²) in [6, 6.07) is 6.65. The van der Waals surface area contributed by atoms with Gasteiger partial charge in [0.1, 0.15) is 5.75 Å². The van der Waals surface area contributed by atoms with Crippen LogP contribution in [0.2, 0.25) is 0 Å². The van der Waals surface area contributed by atoms with E-state index >= 15 is 0 Å². The summed E-state index contributed by atoms with van der Waals surface area (Å²) < 4.78 is 5.48. The Labute approximate surface area is 167 Å². The molecule has 0 saturated carbocycles. The molecule has 8 heteroatoms. The normalized spacial score (nSPS) is 14.3. The molecule has 3 atom stereocenters. The van der Waals surface area contributed by atoms with Crippen LogP contribution in [0, 0.1) is 11.8 Å². The van der Waals surface area contributed by atoms with Gasteiger partial charge in [-0.2, -0.15) is 0 Å². The number of ketones is 1. The van der Waals surface area contributed by atoms with Gasteiger partial charge in [-0.25, -0.2) is 0 Å². The minimum atomic E-state index is -1.72. The van der Waals surface area contributed by atoms with Crippen molar-refractivity contribution in [3.05, 3.63) is 29.8 Å². The van der Waals surface area contributed by atoms with Gasteiger partial charge in [0.15, 0.2) is 5.78 Å². The number of hydrogen-bond donors (Lipinski definition) is 4. The number of amides is 1. The molecule has 0 bridgehead atoms. The van der Waals surface area contributed by atoms with Crippen LogP contribution >= 0.6 is 0 Å². The van der Waals surface area contributed by atoms with Crippen molar-refractivity contribution in [2.24, 2.45) is 11.8 Å². The first-order valence-electron chi connectivity index (χ1n) is 9.76. The lowest BCUT2D eigenvalue weighted by molar-refractivity contribution is -0.128. The molecule has 0 spiro atoms. The van der Waals surface area contributed by atoms with Crippen molar-refractivity contribution in [2.45, 2.75) is 59.0 Å². The summed E-state index contributed by atoms with van der Waals surface area (Å²) in [5.74, 6) is -1.92. The molecular weight excluding hydrogens is 361 g/mol. The zero-order valence-corrected chi connectivity index (χ0v) is 17.1. The van der Waals surface area contributed by atoms with E-state index in [1.165, 1.54) is 6.92 Å². The van der Waals surface area contributed by atoms with Crippen LogP contribution in [0.1, 0.15) is 57.3 Å². The van der Waals surface area contributed by atoms with Gasteiger partial charge in [0.25, 0.3) is 0 Å².